The van der Waals surface area contributed by atoms with Gasteiger partial charge in [0.2, 0.25) is 0 Å². The summed E-state index contributed by atoms with van der Waals surface area (Å²) in [6.45, 7) is 5.77. The predicted molar refractivity (Wildman–Crippen MR) is 204 cm³/mol. The van der Waals surface area contributed by atoms with Crippen molar-refractivity contribution in [1.82, 2.24) is 0 Å². The molecule has 2 fully saturated rings. The van der Waals surface area contributed by atoms with Crippen molar-refractivity contribution in [1.29, 1.82) is 0 Å². The first-order valence-corrected chi connectivity index (χ1v) is 18.7. The highest BCUT2D eigenvalue weighted by Gasteiger charge is 2.22. The van der Waals surface area contributed by atoms with E-state index in [2.05, 4.69) is 6.92 Å². The Labute approximate surface area is 305 Å². The number of nitrogens with zero attached hydrogens (tertiary/aromatic N) is 1. The minimum atomic E-state index is -0.462. The fourth-order valence-electron chi connectivity index (χ4n) is 6.39. The first-order valence-electron chi connectivity index (χ1n) is 18.7. The Hall–Kier alpha value is -4.92. The maximum atomic E-state index is 14.0. The lowest BCUT2D eigenvalue weighted by Crippen LogP contribution is -2.32. The van der Waals surface area contributed by atoms with Crippen LogP contribution in [0.1, 0.15) is 79.0 Å². The van der Waals surface area contributed by atoms with Gasteiger partial charge in [-0.1, -0.05) is 43.7 Å². The van der Waals surface area contributed by atoms with Crippen molar-refractivity contribution < 1.29 is 33.3 Å². The zero-order valence-corrected chi connectivity index (χ0v) is 29.9. The van der Waals surface area contributed by atoms with Gasteiger partial charge in [-0.15, -0.1) is 0 Å². The molecular weight excluding hydrogens is 654 g/mol. The highest BCUT2D eigenvalue weighted by Crippen LogP contribution is 2.28. The molecule has 0 bridgehead atoms. The third-order valence-corrected chi connectivity index (χ3v) is 9.61. The van der Waals surface area contributed by atoms with Crippen LogP contribution in [0.4, 0.5) is 5.69 Å². The molecule has 1 amide bonds. The van der Waals surface area contributed by atoms with E-state index in [1.807, 2.05) is 78.9 Å². The van der Waals surface area contributed by atoms with Gasteiger partial charge in [-0.25, -0.2) is 4.79 Å². The Morgan fingerprint density at radius 2 is 1.19 bits per heavy atom. The number of hydrogen-bond donors (Lipinski definition) is 0. The molecule has 2 aliphatic heterocycles. The average Bonchev–Trinajstić information content (AvgIpc) is 4.11. The van der Waals surface area contributed by atoms with Crippen LogP contribution >= 0.6 is 0 Å². The van der Waals surface area contributed by atoms with Gasteiger partial charge in [0.1, 0.15) is 17.2 Å². The van der Waals surface area contributed by atoms with Crippen LogP contribution in [-0.4, -0.2) is 57.1 Å². The summed E-state index contributed by atoms with van der Waals surface area (Å²) in [6, 6.07) is 30.4. The third-order valence-electron chi connectivity index (χ3n) is 9.61. The summed E-state index contributed by atoms with van der Waals surface area (Å²) in [5, 5.41) is 3.89. The van der Waals surface area contributed by atoms with E-state index in [4.69, 9.17) is 23.7 Å². The molecule has 0 aromatic heterocycles. The molecule has 2 atom stereocenters. The number of ether oxygens (including phenoxy) is 5. The van der Waals surface area contributed by atoms with Crippen LogP contribution in [0.25, 0.3) is 21.5 Å². The number of fused-ring (bicyclic) bond motifs is 2. The van der Waals surface area contributed by atoms with Crippen LogP contribution in [0.3, 0.4) is 0 Å². The lowest BCUT2D eigenvalue weighted by molar-refractivity contribution is 0.0735. The van der Waals surface area contributed by atoms with Gasteiger partial charge in [-0.2, -0.15) is 0 Å². The number of rotatable bonds is 19. The van der Waals surface area contributed by atoms with Crippen molar-refractivity contribution in [2.45, 2.75) is 70.5 Å². The molecule has 8 heteroatoms. The number of unbranched alkanes of at least 4 members (excludes halogenated alkanes) is 3. The molecule has 270 valence electrons. The number of benzene rings is 5. The molecule has 0 saturated carbocycles. The highest BCUT2D eigenvalue weighted by atomic mass is 16.6. The molecule has 5 aromatic carbocycles. The van der Waals surface area contributed by atoms with Gasteiger partial charge in [0.25, 0.3) is 5.91 Å². The number of amides is 1. The first kappa shape index (κ1) is 35.5. The molecule has 0 aliphatic carbocycles. The van der Waals surface area contributed by atoms with E-state index in [0.29, 0.717) is 54.5 Å². The van der Waals surface area contributed by atoms with E-state index in [-0.39, 0.29) is 5.91 Å². The molecule has 2 unspecified atom stereocenters. The zero-order valence-electron chi connectivity index (χ0n) is 29.9. The van der Waals surface area contributed by atoms with Crippen molar-refractivity contribution in [3.63, 3.8) is 0 Å². The van der Waals surface area contributed by atoms with E-state index in [0.717, 1.165) is 97.6 Å². The molecule has 0 radical (unpaired) electrons. The van der Waals surface area contributed by atoms with E-state index < -0.39 is 5.97 Å². The smallest absolute Gasteiger partial charge is 0.343 e. The average molecular weight is 702 g/mol. The standard InChI is InChI=1S/C44H47NO7/c1-2-3-21-45(43(46)35-15-13-33-26-38(19-17-31(33)24-35)48-22-6-4-10-41-29-50-41)37-9-8-12-40(28-37)52-44(47)36-16-14-34-27-39(20-18-32(34)25-36)49-23-7-5-11-42-30-51-42/h8-9,12-20,24-28,41-42H,2-7,10-11,21-23,29-30H2,1H3. The Morgan fingerprint density at radius 3 is 1.79 bits per heavy atom. The molecule has 8 nitrogen and oxygen atoms in total. The van der Waals surface area contributed by atoms with Crippen LogP contribution in [0, 0.1) is 0 Å². The van der Waals surface area contributed by atoms with Gasteiger partial charge >= 0.3 is 5.97 Å². The second kappa shape index (κ2) is 17.1. The number of carbonyl (C=O) groups excluding carboxylic acids is 2. The van der Waals surface area contributed by atoms with Crippen molar-refractivity contribution in [2.24, 2.45) is 0 Å². The quantitative estimate of drug-likeness (QED) is 0.0367. The van der Waals surface area contributed by atoms with E-state index >= 15 is 0 Å². The van der Waals surface area contributed by atoms with E-state index in [9.17, 15) is 9.59 Å². The van der Waals surface area contributed by atoms with Crippen LogP contribution in [-0.2, 0) is 9.47 Å². The summed E-state index contributed by atoms with van der Waals surface area (Å²) >= 11 is 0. The summed E-state index contributed by atoms with van der Waals surface area (Å²) in [6.07, 6.45) is 9.06. The summed E-state index contributed by atoms with van der Waals surface area (Å²) in [5.41, 5.74) is 1.71. The molecule has 2 heterocycles. The maximum absolute atomic E-state index is 14.0. The molecule has 0 N–H and O–H groups in total. The largest absolute Gasteiger partial charge is 0.494 e. The highest BCUT2D eigenvalue weighted by molar-refractivity contribution is 6.08. The normalized spacial score (nSPS) is 16.1. The second-order valence-corrected chi connectivity index (χ2v) is 13.7. The third kappa shape index (κ3) is 9.69. The number of hydrogen-bond acceptors (Lipinski definition) is 7. The zero-order chi connectivity index (χ0) is 35.7. The van der Waals surface area contributed by atoms with Gasteiger partial charge in [-0.05, 0) is 127 Å². The number of esters is 1. The Bertz CT molecular complexity index is 2000. The molecule has 52 heavy (non-hydrogen) atoms. The summed E-state index contributed by atoms with van der Waals surface area (Å²) in [7, 11) is 0. The summed E-state index contributed by atoms with van der Waals surface area (Å²) in [4.78, 5) is 29.1. The minimum absolute atomic E-state index is 0.107. The first-order chi connectivity index (χ1) is 25.5. The van der Waals surface area contributed by atoms with Gasteiger partial charge in [0, 0.05) is 23.9 Å². The molecule has 0 spiro atoms. The fraction of sp³-hybridized carbons (Fsp3) is 0.364. The molecular formula is C44H47NO7. The van der Waals surface area contributed by atoms with Crippen LogP contribution in [0.2, 0.25) is 0 Å². The van der Waals surface area contributed by atoms with Crippen LogP contribution in [0.5, 0.6) is 17.2 Å². The summed E-state index contributed by atoms with van der Waals surface area (Å²) < 4.78 is 28.3. The molecule has 2 aliphatic rings. The van der Waals surface area contributed by atoms with Crippen molar-refractivity contribution in [3.05, 3.63) is 108 Å². The lowest BCUT2D eigenvalue weighted by Gasteiger charge is -2.23. The molecule has 5 aromatic rings. The van der Waals surface area contributed by atoms with E-state index in [1.54, 1.807) is 23.1 Å². The van der Waals surface area contributed by atoms with Gasteiger partial charge in [0.15, 0.2) is 0 Å². The SMILES string of the molecule is CCCCN(C(=O)c1ccc2cc(OCCCCC3CO3)ccc2c1)c1cccc(OC(=O)c2ccc3cc(OCCCCC4CO4)ccc3c2)c1. The predicted octanol–water partition coefficient (Wildman–Crippen LogP) is 9.55. The molecule has 7 rings (SSSR count). The van der Waals surface area contributed by atoms with Crippen molar-refractivity contribution in [2.75, 3.05) is 37.9 Å². The minimum Gasteiger partial charge on any atom is -0.494 e. The molecule has 2 saturated heterocycles. The Balaban J connectivity index is 0.983. The van der Waals surface area contributed by atoms with Gasteiger partial charge in [-0.3, -0.25) is 4.79 Å². The number of anilines is 1. The fourth-order valence-corrected chi connectivity index (χ4v) is 6.39. The maximum Gasteiger partial charge on any atom is 0.343 e. The van der Waals surface area contributed by atoms with Crippen LogP contribution < -0.4 is 19.1 Å². The van der Waals surface area contributed by atoms with Gasteiger partial charge < -0.3 is 28.6 Å². The van der Waals surface area contributed by atoms with E-state index in [1.165, 1.54) is 0 Å². The topological polar surface area (TPSA) is 90.1 Å². The summed E-state index contributed by atoms with van der Waals surface area (Å²) in [5.74, 6) is 1.45. The van der Waals surface area contributed by atoms with Gasteiger partial charge in [0.05, 0.1) is 44.2 Å². The number of carbonyl (C=O) groups is 2. The van der Waals surface area contributed by atoms with Crippen molar-refractivity contribution in [3.8, 4) is 17.2 Å². The van der Waals surface area contributed by atoms with Crippen LogP contribution in [0.15, 0.2) is 97.1 Å². The Kier molecular flexibility index (Phi) is 11.6. The van der Waals surface area contributed by atoms with Crippen molar-refractivity contribution >= 4 is 39.1 Å². The number of epoxide rings is 2. The lowest BCUT2D eigenvalue weighted by atomic mass is 10.1. The monoisotopic (exact) mass is 701 g/mol. The Morgan fingerprint density at radius 1 is 0.635 bits per heavy atom. The second-order valence-electron chi connectivity index (χ2n) is 13.7.